The summed E-state index contributed by atoms with van der Waals surface area (Å²) in [6.45, 7) is 0.0521. The molecule has 5 atom stereocenters. The van der Waals surface area contributed by atoms with Crippen molar-refractivity contribution in [2.45, 2.75) is 42.5 Å². The molecule has 1 aromatic rings. The molecule has 13 nitrogen and oxygen atoms in total. The number of alkyl halides is 1. The molecule has 2 fully saturated rings. The van der Waals surface area contributed by atoms with Gasteiger partial charge in [0.25, 0.3) is 0 Å². The standard InChI is InChI=1S/C14H20BBrN5O8P/c15-30(25)26-3-5-9(29-30)10(28-7(24)2-1-6(22)23)13(27-5)21-12-8(20-14(21)16)11(17)18-4-19-12/h4-5,9-10,13-14,20,25,30H,1-3,15H2,(H,22,23)(H2,17,18,19)/t5?,9-,10?,13?,14?/m1/s1. The molecule has 3 aliphatic rings. The summed E-state index contributed by atoms with van der Waals surface area (Å²) in [4.78, 5) is 43.3. The monoisotopic (exact) mass is 507 g/mol. The summed E-state index contributed by atoms with van der Waals surface area (Å²) in [5.74, 6) is -1.20. The first-order valence-electron chi connectivity index (χ1n) is 9.06. The summed E-state index contributed by atoms with van der Waals surface area (Å²) in [6, 6.07) is 0. The maximum absolute atomic E-state index is 12.3. The minimum atomic E-state index is -3.43. The normalized spacial score (nSPS) is 32.6. The minimum absolute atomic E-state index is 0.0521. The van der Waals surface area contributed by atoms with Crippen molar-refractivity contribution in [2.24, 2.45) is 0 Å². The van der Waals surface area contributed by atoms with Crippen LogP contribution in [0.2, 0.25) is 0 Å². The number of aromatic nitrogens is 2. The number of carbonyl (C=O) groups excluding carboxylic acids is 1. The van der Waals surface area contributed by atoms with Crippen LogP contribution in [-0.4, -0.2) is 75.7 Å². The first kappa shape index (κ1) is 21.5. The molecule has 2 saturated heterocycles. The van der Waals surface area contributed by atoms with E-state index in [1.165, 1.54) is 13.9 Å². The van der Waals surface area contributed by atoms with Crippen molar-refractivity contribution in [2.75, 3.05) is 22.6 Å². The van der Waals surface area contributed by atoms with Gasteiger partial charge in [0, 0.05) is 0 Å². The molecule has 4 rings (SSSR count). The topological polar surface area (TPSA) is 179 Å². The van der Waals surface area contributed by atoms with E-state index in [0.29, 0.717) is 11.5 Å². The molecule has 0 spiro atoms. The van der Waals surface area contributed by atoms with Crippen molar-refractivity contribution in [3.05, 3.63) is 6.33 Å². The zero-order valence-electron chi connectivity index (χ0n) is 15.7. The Morgan fingerprint density at radius 3 is 2.97 bits per heavy atom. The number of ether oxygens (including phenoxy) is 2. The number of hydrogen-bond acceptors (Lipinski definition) is 12. The van der Waals surface area contributed by atoms with Crippen molar-refractivity contribution in [1.29, 1.82) is 0 Å². The van der Waals surface area contributed by atoms with Crippen molar-refractivity contribution in [3.63, 3.8) is 0 Å². The van der Waals surface area contributed by atoms with Crippen LogP contribution in [-0.2, 0) is 28.1 Å². The SMILES string of the molecule is B[PH]1(O)OCC2OC(N3c4ncnc(N)c4NC3Br)C(OC(=O)CCC(=O)O)[C@@H]2O1. The second-order valence-corrected chi connectivity index (χ2v) is 10.2. The Bertz CT molecular complexity index is 868. The zero-order valence-corrected chi connectivity index (χ0v) is 18.3. The van der Waals surface area contributed by atoms with Gasteiger partial charge in [0.2, 0.25) is 0 Å². The molecule has 0 bridgehead atoms. The van der Waals surface area contributed by atoms with Gasteiger partial charge in [-0.15, -0.1) is 0 Å². The van der Waals surface area contributed by atoms with E-state index in [4.69, 9.17) is 29.4 Å². The van der Waals surface area contributed by atoms with Gasteiger partial charge in [-0.1, -0.05) is 0 Å². The summed E-state index contributed by atoms with van der Waals surface area (Å²) in [6.07, 6.45) is -2.69. The van der Waals surface area contributed by atoms with E-state index < -0.39 is 49.4 Å². The number of carboxylic acids is 1. The van der Waals surface area contributed by atoms with Crippen molar-refractivity contribution >= 4 is 60.6 Å². The van der Waals surface area contributed by atoms with Gasteiger partial charge in [0.1, 0.15) is 0 Å². The number of nitrogens with one attached hydrogen (secondary N) is 1. The summed E-state index contributed by atoms with van der Waals surface area (Å²) in [5, 5.41) is 11.4. The summed E-state index contributed by atoms with van der Waals surface area (Å²) >= 11 is 3.48. The van der Waals surface area contributed by atoms with Crippen molar-refractivity contribution in [1.82, 2.24) is 9.97 Å². The van der Waals surface area contributed by atoms with Crippen LogP contribution in [0.3, 0.4) is 0 Å². The third-order valence-corrected chi connectivity index (χ3v) is 6.93. The molecule has 3 aliphatic heterocycles. The van der Waals surface area contributed by atoms with E-state index in [9.17, 15) is 14.5 Å². The zero-order chi connectivity index (χ0) is 21.6. The summed E-state index contributed by atoms with van der Waals surface area (Å²) < 4.78 is 22.7. The number of esters is 1. The number of rotatable bonds is 5. The molecule has 0 aromatic carbocycles. The van der Waals surface area contributed by atoms with Gasteiger partial charge in [-0.25, -0.2) is 0 Å². The van der Waals surface area contributed by atoms with E-state index >= 15 is 0 Å². The molecule has 0 saturated carbocycles. The van der Waals surface area contributed by atoms with Gasteiger partial charge in [-0.2, -0.15) is 0 Å². The van der Waals surface area contributed by atoms with Crippen molar-refractivity contribution < 1.29 is 38.1 Å². The quantitative estimate of drug-likeness (QED) is 0.124. The number of aliphatic carboxylic acids is 1. The first-order valence-corrected chi connectivity index (χ1v) is 12.2. The van der Waals surface area contributed by atoms with Crippen LogP contribution in [0.5, 0.6) is 0 Å². The summed E-state index contributed by atoms with van der Waals surface area (Å²) in [7, 11) is -1.98. The Balaban J connectivity index is 1.63. The number of nitrogens with zero attached hydrogens (tertiary/aromatic N) is 3. The number of carbonyl (C=O) groups is 2. The average Bonchev–Trinajstić information content (AvgIpc) is 3.17. The van der Waals surface area contributed by atoms with Crippen LogP contribution in [0.15, 0.2) is 6.33 Å². The van der Waals surface area contributed by atoms with E-state index in [2.05, 4.69) is 31.2 Å². The predicted octanol–water partition coefficient (Wildman–Crippen LogP) is -1.08. The first-order chi connectivity index (χ1) is 14.2. The Morgan fingerprint density at radius 2 is 2.23 bits per heavy atom. The van der Waals surface area contributed by atoms with Crippen LogP contribution < -0.4 is 16.0 Å². The van der Waals surface area contributed by atoms with E-state index in [1.807, 2.05) is 0 Å². The number of hydrogen-bond donors (Lipinski definition) is 4. The Kier molecular flexibility index (Phi) is 5.77. The second kappa shape index (κ2) is 8.06. The molecule has 164 valence electrons. The second-order valence-electron chi connectivity index (χ2n) is 7.05. The molecule has 0 amide bonds. The molecule has 4 heterocycles. The molecule has 1 aromatic heterocycles. The third kappa shape index (κ3) is 4.05. The fourth-order valence-electron chi connectivity index (χ4n) is 3.55. The predicted molar refractivity (Wildman–Crippen MR) is 111 cm³/mol. The Morgan fingerprint density at radius 1 is 1.47 bits per heavy atom. The average molecular weight is 508 g/mol. The molecular weight excluding hydrogens is 488 g/mol. The Labute approximate surface area is 180 Å². The molecule has 16 heteroatoms. The molecule has 30 heavy (non-hydrogen) atoms. The number of halogens is 1. The fraction of sp³-hybridized carbons (Fsp3) is 0.571. The maximum atomic E-state index is 12.3. The number of anilines is 3. The summed E-state index contributed by atoms with van der Waals surface area (Å²) in [5.41, 5.74) is 6.39. The number of nitrogen functional groups attached to an aromatic ring is 1. The van der Waals surface area contributed by atoms with Crippen LogP contribution in [0.1, 0.15) is 12.8 Å². The van der Waals surface area contributed by atoms with Crippen LogP contribution in [0.25, 0.3) is 0 Å². The van der Waals surface area contributed by atoms with Crippen LogP contribution in [0.4, 0.5) is 17.3 Å². The molecule has 0 radical (unpaired) electrons. The van der Waals surface area contributed by atoms with E-state index in [0.717, 1.165) is 0 Å². The van der Waals surface area contributed by atoms with Gasteiger partial charge in [0.05, 0.1) is 0 Å². The fourth-order valence-corrected chi connectivity index (χ4v) is 5.53. The molecular formula is C14H20BBrN5O8P. The van der Waals surface area contributed by atoms with Crippen molar-refractivity contribution in [3.8, 4) is 0 Å². The number of carboxylic acid groups (broad SMARTS) is 1. The Hall–Kier alpha value is -1.77. The van der Waals surface area contributed by atoms with E-state index in [1.54, 1.807) is 4.90 Å². The third-order valence-electron chi connectivity index (χ3n) is 4.85. The van der Waals surface area contributed by atoms with Crippen LogP contribution >= 0.6 is 23.8 Å². The molecule has 4 unspecified atom stereocenters. The van der Waals surface area contributed by atoms with Gasteiger partial charge < -0.3 is 0 Å². The number of fused-ring (bicyclic) bond motifs is 2. The van der Waals surface area contributed by atoms with Gasteiger partial charge in [-0.05, 0) is 0 Å². The van der Waals surface area contributed by atoms with Gasteiger partial charge >= 0.3 is 180 Å². The van der Waals surface area contributed by atoms with Crippen LogP contribution in [0, 0.1) is 0 Å². The molecule has 0 aliphatic carbocycles. The molecule has 5 N–H and O–H groups in total. The van der Waals surface area contributed by atoms with E-state index in [-0.39, 0.29) is 25.3 Å². The van der Waals surface area contributed by atoms with Gasteiger partial charge in [0.15, 0.2) is 0 Å². The van der Waals surface area contributed by atoms with Gasteiger partial charge in [-0.3, -0.25) is 0 Å². The number of nitrogens with two attached hydrogens (primary N) is 1.